The largest absolute Gasteiger partial charge is 0.497 e. The fourth-order valence-corrected chi connectivity index (χ4v) is 4.90. The standard InChI is InChI=1S/C22H27NO5/c1-26-15-8-9-16(19(14-15)27-2)20-17-6-3-4-10-22(17,25)11-12-23(20)21(24)18-7-5-13-28-18/h5,7-9,13-14,17,20,25H,3-4,6,10-12H2,1-2H3/t17-,20+,22+/m0/s1. The highest BCUT2D eigenvalue weighted by Gasteiger charge is 2.51. The Bertz CT molecular complexity index is 833. The predicted molar refractivity (Wildman–Crippen MR) is 104 cm³/mol. The highest BCUT2D eigenvalue weighted by atomic mass is 16.5. The third-order valence-corrected chi connectivity index (χ3v) is 6.32. The second kappa shape index (κ2) is 7.51. The van der Waals surface area contributed by atoms with Crippen LogP contribution in [0.25, 0.3) is 0 Å². The summed E-state index contributed by atoms with van der Waals surface area (Å²) in [6, 6.07) is 8.79. The quantitative estimate of drug-likeness (QED) is 0.867. The number of benzene rings is 1. The summed E-state index contributed by atoms with van der Waals surface area (Å²) in [5, 5.41) is 11.4. The molecule has 1 amide bonds. The second-order valence-electron chi connectivity index (χ2n) is 7.73. The summed E-state index contributed by atoms with van der Waals surface area (Å²) in [7, 11) is 3.23. The lowest BCUT2D eigenvalue weighted by Gasteiger charge is -2.52. The van der Waals surface area contributed by atoms with Gasteiger partial charge in [-0.25, -0.2) is 0 Å². The van der Waals surface area contributed by atoms with Gasteiger partial charge in [0.05, 0.1) is 32.1 Å². The number of fused-ring (bicyclic) bond motifs is 1. The average molecular weight is 385 g/mol. The van der Waals surface area contributed by atoms with Gasteiger partial charge in [0.25, 0.3) is 5.91 Å². The van der Waals surface area contributed by atoms with E-state index in [0.29, 0.717) is 30.2 Å². The number of hydrogen-bond acceptors (Lipinski definition) is 5. The Kier molecular flexibility index (Phi) is 5.06. The van der Waals surface area contributed by atoms with Crippen LogP contribution in [-0.2, 0) is 0 Å². The van der Waals surface area contributed by atoms with E-state index < -0.39 is 5.60 Å². The molecule has 150 valence electrons. The second-order valence-corrected chi connectivity index (χ2v) is 7.73. The molecule has 3 atom stereocenters. The molecule has 0 bridgehead atoms. The molecule has 6 heteroatoms. The highest BCUT2D eigenvalue weighted by molar-refractivity contribution is 5.92. The van der Waals surface area contributed by atoms with Gasteiger partial charge in [0.2, 0.25) is 0 Å². The topological polar surface area (TPSA) is 72.1 Å². The van der Waals surface area contributed by atoms with Crippen molar-refractivity contribution in [1.29, 1.82) is 0 Å². The van der Waals surface area contributed by atoms with Crippen LogP contribution in [0.1, 0.15) is 54.3 Å². The van der Waals surface area contributed by atoms with Gasteiger partial charge in [-0.15, -0.1) is 0 Å². The Labute approximate surface area is 165 Å². The number of piperidine rings is 1. The molecule has 28 heavy (non-hydrogen) atoms. The fourth-order valence-electron chi connectivity index (χ4n) is 4.90. The van der Waals surface area contributed by atoms with E-state index in [9.17, 15) is 9.90 Å². The number of carbonyl (C=O) groups excluding carboxylic acids is 1. The molecule has 2 aromatic rings. The molecule has 1 aliphatic heterocycles. The van der Waals surface area contributed by atoms with Crippen LogP contribution in [0.15, 0.2) is 41.0 Å². The van der Waals surface area contributed by atoms with E-state index in [4.69, 9.17) is 13.9 Å². The summed E-state index contributed by atoms with van der Waals surface area (Å²) >= 11 is 0. The van der Waals surface area contributed by atoms with Crippen LogP contribution in [-0.4, -0.2) is 42.3 Å². The summed E-state index contributed by atoms with van der Waals surface area (Å²) < 4.78 is 16.4. The molecule has 1 N–H and O–H groups in total. The van der Waals surface area contributed by atoms with Gasteiger partial charge in [-0.05, 0) is 43.5 Å². The van der Waals surface area contributed by atoms with E-state index in [0.717, 1.165) is 31.2 Å². The summed E-state index contributed by atoms with van der Waals surface area (Å²) in [5.74, 6) is 1.48. The third kappa shape index (κ3) is 3.15. The van der Waals surface area contributed by atoms with Crippen molar-refractivity contribution in [3.05, 3.63) is 47.9 Å². The van der Waals surface area contributed by atoms with E-state index in [2.05, 4.69) is 0 Å². The normalized spacial score (nSPS) is 27.2. The minimum atomic E-state index is -0.756. The van der Waals surface area contributed by atoms with E-state index in [1.54, 1.807) is 26.4 Å². The molecule has 0 spiro atoms. The number of hydrogen-bond donors (Lipinski definition) is 1. The zero-order chi connectivity index (χ0) is 19.7. The van der Waals surface area contributed by atoms with Crippen LogP contribution in [0.3, 0.4) is 0 Å². The van der Waals surface area contributed by atoms with Gasteiger partial charge in [-0.3, -0.25) is 4.79 Å². The maximum absolute atomic E-state index is 13.2. The van der Waals surface area contributed by atoms with E-state index in [-0.39, 0.29) is 17.9 Å². The number of methoxy groups -OCH3 is 2. The average Bonchev–Trinajstić information content (AvgIpc) is 3.26. The smallest absolute Gasteiger partial charge is 0.290 e. The number of ether oxygens (including phenoxy) is 2. The Morgan fingerprint density at radius 1 is 1.21 bits per heavy atom. The Balaban J connectivity index is 1.80. The minimum absolute atomic E-state index is 0.0452. The minimum Gasteiger partial charge on any atom is -0.497 e. The predicted octanol–water partition coefficient (Wildman–Crippen LogP) is 3.81. The molecular weight excluding hydrogens is 358 g/mol. The van der Waals surface area contributed by atoms with Crippen LogP contribution in [0.4, 0.5) is 0 Å². The number of furan rings is 1. The molecule has 2 fully saturated rings. The van der Waals surface area contributed by atoms with Crippen LogP contribution < -0.4 is 9.47 Å². The summed E-state index contributed by atoms with van der Waals surface area (Å²) in [6.45, 7) is 0.479. The third-order valence-electron chi connectivity index (χ3n) is 6.32. The van der Waals surface area contributed by atoms with Gasteiger partial charge in [0.1, 0.15) is 11.5 Å². The summed E-state index contributed by atoms with van der Waals surface area (Å²) in [6.07, 6.45) is 5.81. The fraction of sp³-hybridized carbons (Fsp3) is 0.500. The van der Waals surface area contributed by atoms with Gasteiger partial charge in [-0.2, -0.15) is 0 Å². The lowest BCUT2D eigenvalue weighted by Crippen LogP contribution is -2.56. The Morgan fingerprint density at radius 3 is 2.79 bits per heavy atom. The number of carbonyl (C=O) groups is 1. The van der Waals surface area contributed by atoms with Crippen molar-refractivity contribution in [2.24, 2.45) is 5.92 Å². The molecule has 1 saturated carbocycles. The van der Waals surface area contributed by atoms with Crippen LogP contribution in [0.5, 0.6) is 11.5 Å². The van der Waals surface area contributed by atoms with Crippen molar-refractivity contribution in [3.8, 4) is 11.5 Å². The first-order chi connectivity index (χ1) is 13.6. The van der Waals surface area contributed by atoms with Crippen molar-refractivity contribution in [2.75, 3.05) is 20.8 Å². The number of likely N-dealkylation sites (tertiary alicyclic amines) is 1. The lowest BCUT2D eigenvalue weighted by molar-refractivity contribution is -0.115. The molecule has 1 aromatic heterocycles. The number of rotatable bonds is 4. The number of aliphatic hydroxyl groups is 1. The monoisotopic (exact) mass is 385 g/mol. The molecule has 0 radical (unpaired) electrons. The summed E-state index contributed by atoms with van der Waals surface area (Å²) in [4.78, 5) is 15.1. The maximum atomic E-state index is 13.2. The van der Waals surface area contributed by atoms with Gasteiger partial charge in [0, 0.05) is 24.1 Å². The molecule has 2 heterocycles. The first kappa shape index (κ1) is 18.9. The molecule has 4 rings (SSSR count). The van der Waals surface area contributed by atoms with E-state index in [1.807, 2.05) is 23.1 Å². The Morgan fingerprint density at radius 2 is 2.07 bits per heavy atom. The van der Waals surface area contributed by atoms with Crippen LogP contribution in [0.2, 0.25) is 0 Å². The molecule has 2 aliphatic rings. The SMILES string of the molecule is COc1ccc([C@@H]2[C@@H]3CCCC[C@@]3(O)CCN2C(=O)c2ccco2)c(OC)c1. The zero-order valence-electron chi connectivity index (χ0n) is 16.4. The molecule has 1 aliphatic carbocycles. The van der Waals surface area contributed by atoms with Gasteiger partial charge in [0.15, 0.2) is 5.76 Å². The first-order valence-electron chi connectivity index (χ1n) is 9.86. The van der Waals surface area contributed by atoms with Crippen molar-refractivity contribution in [2.45, 2.75) is 43.7 Å². The van der Waals surface area contributed by atoms with E-state index in [1.165, 1.54) is 6.26 Å². The van der Waals surface area contributed by atoms with Crippen LogP contribution in [0, 0.1) is 5.92 Å². The Hall–Kier alpha value is -2.47. The first-order valence-corrected chi connectivity index (χ1v) is 9.86. The molecule has 6 nitrogen and oxygen atoms in total. The molecule has 0 unspecified atom stereocenters. The maximum Gasteiger partial charge on any atom is 0.290 e. The van der Waals surface area contributed by atoms with Crippen molar-refractivity contribution >= 4 is 5.91 Å². The van der Waals surface area contributed by atoms with Crippen LogP contribution >= 0.6 is 0 Å². The molecule has 1 saturated heterocycles. The summed E-state index contributed by atoms with van der Waals surface area (Å²) in [5.41, 5.74) is 0.140. The number of amides is 1. The van der Waals surface area contributed by atoms with Crippen molar-refractivity contribution < 1.29 is 23.8 Å². The van der Waals surface area contributed by atoms with Crippen molar-refractivity contribution in [1.82, 2.24) is 4.90 Å². The van der Waals surface area contributed by atoms with E-state index >= 15 is 0 Å². The molecule has 1 aromatic carbocycles. The zero-order valence-corrected chi connectivity index (χ0v) is 16.4. The van der Waals surface area contributed by atoms with Gasteiger partial charge in [-0.1, -0.05) is 12.8 Å². The lowest BCUT2D eigenvalue weighted by atomic mass is 9.66. The number of nitrogens with zero attached hydrogens (tertiary/aromatic N) is 1. The van der Waals surface area contributed by atoms with Crippen molar-refractivity contribution in [3.63, 3.8) is 0 Å². The molecular formula is C22H27NO5. The highest BCUT2D eigenvalue weighted by Crippen LogP contribution is 2.51. The van der Waals surface area contributed by atoms with Gasteiger partial charge >= 0.3 is 0 Å². The van der Waals surface area contributed by atoms with Gasteiger partial charge < -0.3 is 23.9 Å².